The first-order valence-electron chi connectivity index (χ1n) is 10.9. The monoisotopic (exact) mass is 464 g/mol. The van der Waals surface area contributed by atoms with E-state index in [4.69, 9.17) is 17.0 Å². The van der Waals surface area contributed by atoms with Crippen molar-refractivity contribution in [2.45, 2.75) is 38.8 Å². The summed E-state index contributed by atoms with van der Waals surface area (Å²) in [5, 5.41) is 14.6. The molecule has 1 fully saturated rings. The van der Waals surface area contributed by atoms with Gasteiger partial charge in [0.05, 0.1) is 30.6 Å². The van der Waals surface area contributed by atoms with Crippen molar-refractivity contribution in [1.82, 2.24) is 19.8 Å². The molecular weight excluding hydrogens is 436 g/mol. The van der Waals surface area contributed by atoms with Crippen LogP contribution in [0.5, 0.6) is 5.75 Å². The van der Waals surface area contributed by atoms with Crippen molar-refractivity contribution in [2.75, 3.05) is 13.7 Å². The van der Waals surface area contributed by atoms with Crippen LogP contribution >= 0.6 is 12.2 Å². The summed E-state index contributed by atoms with van der Waals surface area (Å²) in [6.07, 6.45) is 2.73. The van der Waals surface area contributed by atoms with Crippen molar-refractivity contribution in [3.63, 3.8) is 0 Å². The number of thiocarbonyl (C=S) groups is 1. The molecule has 3 aromatic rings. The molecule has 33 heavy (non-hydrogen) atoms. The van der Waals surface area contributed by atoms with Crippen LogP contribution in [0.25, 0.3) is 5.69 Å². The van der Waals surface area contributed by atoms with Gasteiger partial charge in [-0.1, -0.05) is 18.2 Å². The number of phenols is 1. The summed E-state index contributed by atoms with van der Waals surface area (Å²) in [4.78, 5) is 18.4. The van der Waals surface area contributed by atoms with Crippen LogP contribution < -0.4 is 5.32 Å². The molecule has 2 aromatic heterocycles. The Morgan fingerprint density at radius 1 is 1.21 bits per heavy atom. The molecule has 0 aliphatic carbocycles. The van der Waals surface area contributed by atoms with Gasteiger partial charge in [0.1, 0.15) is 5.75 Å². The molecule has 8 heteroatoms. The molecule has 0 amide bonds. The van der Waals surface area contributed by atoms with Gasteiger partial charge in [0.25, 0.3) is 0 Å². The third-order valence-electron chi connectivity index (χ3n) is 6.12. The van der Waals surface area contributed by atoms with E-state index in [-0.39, 0.29) is 23.8 Å². The summed E-state index contributed by atoms with van der Waals surface area (Å²) in [7, 11) is 1.40. The van der Waals surface area contributed by atoms with Gasteiger partial charge in [0.2, 0.25) is 0 Å². The highest BCUT2D eigenvalue weighted by Crippen LogP contribution is 2.42. The molecule has 7 nitrogen and oxygen atoms in total. The SMILES string of the molecule is COC(=O)CCCN1C(=S)N[C@@H](c2ccccn2)[C@H]1c1cc(C)n(-c2ccccc2O)c1C. The number of nitrogens with zero attached hydrogens (tertiary/aromatic N) is 3. The van der Waals surface area contributed by atoms with Crippen LogP contribution in [0.2, 0.25) is 0 Å². The minimum atomic E-state index is -0.233. The summed E-state index contributed by atoms with van der Waals surface area (Å²) >= 11 is 5.72. The van der Waals surface area contributed by atoms with Crippen molar-refractivity contribution in [2.24, 2.45) is 0 Å². The van der Waals surface area contributed by atoms with Crippen LogP contribution in [0.1, 0.15) is 47.6 Å². The average molecular weight is 465 g/mol. The smallest absolute Gasteiger partial charge is 0.305 e. The first kappa shape index (κ1) is 22.8. The van der Waals surface area contributed by atoms with E-state index in [2.05, 4.69) is 32.8 Å². The Morgan fingerprint density at radius 3 is 2.67 bits per heavy atom. The number of aromatic nitrogens is 2. The number of esters is 1. The standard InChI is InChI=1S/C25H28N4O3S/c1-16-15-18(17(2)29(16)20-10-4-5-11-21(20)30)24-23(19-9-6-7-13-26-19)27-25(33)28(24)14-8-12-22(31)32-3/h4-7,9-11,13,15,23-24,30H,8,12,14H2,1-3H3,(H,27,33)/t23-,24+/m0/s1. The highest BCUT2D eigenvalue weighted by atomic mass is 32.1. The molecule has 0 bridgehead atoms. The van der Waals surface area contributed by atoms with Gasteiger partial charge in [-0.05, 0) is 68.4 Å². The highest BCUT2D eigenvalue weighted by Gasteiger charge is 2.41. The molecule has 2 atom stereocenters. The number of aromatic hydroxyl groups is 1. The topological polar surface area (TPSA) is 79.6 Å². The number of aryl methyl sites for hydroxylation is 1. The maximum absolute atomic E-state index is 11.7. The van der Waals surface area contributed by atoms with E-state index in [9.17, 15) is 9.90 Å². The Labute approximate surface area is 199 Å². The number of ether oxygens (including phenoxy) is 1. The highest BCUT2D eigenvalue weighted by molar-refractivity contribution is 7.80. The second-order valence-corrected chi connectivity index (χ2v) is 8.54. The van der Waals surface area contributed by atoms with Gasteiger partial charge in [0.15, 0.2) is 5.11 Å². The predicted molar refractivity (Wildman–Crippen MR) is 130 cm³/mol. The third kappa shape index (κ3) is 4.43. The fraction of sp³-hybridized carbons (Fsp3) is 0.320. The second-order valence-electron chi connectivity index (χ2n) is 8.15. The molecule has 0 radical (unpaired) electrons. The van der Waals surface area contributed by atoms with Crippen molar-refractivity contribution in [3.8, 4) is 11.4 Å². The summed E-state index contributed by atoms with van der Waals surface area (Å²) < 4.78 is 6.86. The van der Waals surface area contributed by atoms with Crippen molar-refractivity contribution < 1.29 is 14.6 Å². The van der Waals surface area contributed by atoms with Gasteiger partial charge in [-0.25, -0.2) is 0 Å². The van der Waals surface area contributed by atoms with Crippen LogP contribution in [-0.4, -0.2) is 44.3 Å². The number of benzene rings is 1. The second kappa shape index (κ2) is 9.62. The number of nitrogens with one attached hydrogen (secondary N) is 1. The number of methoxy groups -OCH3 is 1. The lowest BCUT2D eigenvalue weighted by Crippen LogP contribution is -2.31. The van der Waals surface area contributed by atoms with Crippen LogP contribution in [-0.2, 0) is 9.53 Å². The molecule has 3 heterocycles. The molecule has 0 unspecified atom stereocenters. The van der Waals surface area contributed by atoms with E-state index < -0.39 is 0 Å². The number of carbonyl (C=O) groups is 1. The lowest BCUT2D eigenvalue weighted by molar-refractivity contribution is -0.140. The molecular formula is C25H28N4O3S. The van der Waals surface area contributed by atoms with E-state index >= 15 is 0 Å². The number of para-hydroxylation sites is 2. The zero-order valence-corrected chi connectivity index (χ0v) is 19.8. The van der Waals surface area contributed by atoms with Crippen molar-refractivity contribution >= 4 is 23.3 Å². The summed E-state index contributed by atoms with van der Waals surface area (Å²) in [5.41, 5.74) is 4.75. The lowest BCUT2D eigenvalue weighted by atomic mass is 9.96. The Morgan fingerprint density at radius 2 is 1.97 bits per heavy atom. The van der Waals surface area contributed by atoms with E-state index in [1.165, 1.54) is 7.11 Å². The first-order chi connectivity index (χ1) is 15.9. The minimum absolute atomic E-state index is 0.115. The zero-order valence-electron chi connectivity index (χ0n) is 19.0. The Bertz CT molecular complexity index is 1160. The zero-order chi connectivity index (χ0) is 23.5. The van der Waals surface area contributed by atoms with Crippen molar-refractivity contribution in [1.29, 1.82) is 0 Å². The van der Waals surface area contributed by atoms with Crippen LogP contribution in [0.15, 0.2) is 54.7 Å². The largest absolute Gasteiger partial charge is 0.506 e. The van der Waals surface area contributed by atoms with Gasteiger partial charge < -0.3 is 24.6 Å². The van der Waals surface area contributed by atoms with Crippen LogP contribution in [0.3, 0.4) is 0 Å². The molecule has 1 aliphatic rings. The Kier molecular flexibility index (Phi) is 6.65. The van der Waals surface area contributed by atoms with Gasteiger partial charge >= 0.3 is 5.97 Å². The molecule has 172 valence electrons. The number of phenolic OH excluding ortho intramolecular Hbond substituents is 1. The fourth-order valence-corrected chi connectivity index (χ4v) is 4.92. The van der Waals surface area contributed by atoms with E-state index in [0.717, 1.165) is 28.3 Å². The Hall–Kier alpha value is -3.39. The molecule has 1 saturated heterocycles. The summed E-state index contributed by atoms with van der Waals surface area (Å²) in [6, 6.07) is 15.1. The maximum atomic E-state index is 11.7. The van der Waals surface area contributed by atoms with Gasteiger partial charge in [0, 0.05) is 30.6 Å². The average Bonchev–Trinajstić information content (AvgIpc) is 3.30. The quantitative estimate of drug-likeness (QED) is 0.402. The van der Waals surface area contributed by atoms with Gasteiger partial charge in [-0.15, -0.1) is 0 Å². The van der Waals surface area contributed by atoms with E-state index in [1.807, 2.05) is 43.3 Å². The molecule has 0 saturated carbocycles. The normalized spacial score (nSPS) is 17.8. The number of rotatable bonds is 7. The van der Waals surface area contributed by atoms with Gasteiger partial charge in [-0.2, -0.15) is 0 Å². The number of hydrogen-bond donors (Lipinski definition) is 2. The number of carbonyl (C=O) groups excluding carboxylic acids is 1. The predicted octanol–water partition coefficient (Wildman–Crippen LogP) is 4.12. The van der Waals surface area contributed by atoms with E-state index in [0.29, 0.717) is 24.5 Å². The lowest BCUT2D eigenvalue weighted by Gasteiger charge is -2.28. The number of pyridine rings is 1. The Balaban J connectivity index is 1.76. The molecule has 1 aromatic carbocycles. The molecule has 2 N–H and O–H groups in total. The van der Waals surface area contributed by atoms with Crippen LogP contribution in [0, 0.1) is 13.8 Å². The maximum Gasteiger partial charge on any atom is 0.305 e. The molecule has 0 spiro atoms. The summed E-state index contributed by atoms with van der Waals surface area (Å²) in [6.45, 7) is 4.69. The number of hydrogen-bond acceptors (Lipinski definition) is 5. The molecule has 1 aliphatic heterocycles. The van der Waals surface area contributed by atoms with Crippen molar-refractivity contribution in [3.05, 3.63) is 77.4 Å². The van der Waals surface area contributed by atoms with Crippen LogP contribution in [0.4, 0.5) is 0 Å². The summed E-state index contributed by atoms with van der Waals surface area (Å²) in [5.74, 6) is -0.00856. The van der Waals surface area contributed by atoms with Gasteiger partial charge in [-0.3, -0.25) is 9.78 Å². The third-order valence-corrected chi connectivity index (χ3v) is 6.47. The van der Waals surface area contributed by atoms with E-state index in [1.54, 1.807) is 12.3 Å². The minimum Gasteiger partial charge on any atom is -0.506 e. The molecule has 4 rings (SSSR count). The first-order valence-corrected chi connectivity index (χ1v) is 11.3. The fourth-order valence-electron chi connectivity index (χ4n) is 4.59.